The molecule has 0 amide bonds. The van der Waals surface area contributed by atoms with Gasteiger partial charge >= 0.3 is 0 Å². The first-order chi connectivity index (χ1) is 8.22. The zero-order valence-corrected chi connectivity index (χ0v) is 10.8. The summed E-state index contributed by atoms with van der Waals surface area (Å²) in [5.74, 6) is 1.09. The molecule has 96 valence electrons. The molecule has 0 radical (unpaired) electrons. The highest BCUT2D eigenvalue weighted by Crippen LogP contribution is 2.04. The Balaban J connectivity index is 2.18. The summed E-state index contributed by atoms with van der Waals surface area (Å²) in [6.07, 6.45) is 0. The van der Waals surface area contributed by atoms with Gasteiger partial charge in [-0.05, 0) is 19.0 Å². The van der Waals surface area contributed by atoms with Crippen molar-refractivity contribution in [2.45, 2.75) is 20.4 Å². The number of hydrogen-bond donors (Lipinski definition) is 1. The summed E-state index contributed by atoms with van der Waals surface area (Å²) in [4.78, 5) is 0. The lowest BCUT2D eigenvalue weighted by Crippen LogP contribution is -2.12. The molecule has 0 aliphatic heterocycles. The fourth-order valence-corrected chi connectivity index (χ4v) is 1.22. The molecule has 1 aromatic heterocycles. The molecule has 0 aliphatic rings. The minimum absolute atomic E-state index is 0.507. The van der Waals surface area contributed by atoms with Gasteiger partial charge in [-0.1, -0.05) is 13.8 Å². The predicted molar refractivity (Wildman–Crippen MR) is 65.9 cm³/mol. The fourth-order valence-electron chi connectivity index (χ4n) is 1.22. The van der Waals surface area contributed by atoms with Gasteiger partial charge in [0.1, 0.15) is 6.61 Å². The maximum atomic E-state index is 5.40. The standard InChI is InChI=1S/C12H21N3O2/c1-10(2)9-16-6-7-17-12-5-4-11(8-13-3)14-15-12/h4-5,10,13H,6-9H2,1-3H3. The van der Waals surface area contributed by atoms with Gasteiger partial charge in [0.05, 0.1) is 12.3 Å². The largest absolute Gasteiger partial charge is 0.474 e. The number of hydrogen-bond acceptors (Lipinski definition) is 5. The Morgan fingerprint density at radius 1 is 1.24 bits per heavy atom. The molecule has 0 saturated carbocycles. The van der Waals surface area contributed by atoms with Crippen LogP contribution >= 0.6 is 0 Å². The van der Waals surface area contributed by atoms with E-state index >= 15 is 0 Å². The van der Waals surface area contributed by atoms with E-state index in [1.807, 2.05) is 19.2 Å². The Labute approximate surface area is 103 Å². The van der Waals surface area contributed by atoms with E-state index in [0.717, 1.165) is 12.3 Å². The van der Waals surface area contributed by atoms with Gasteiger partial charge in [0.25, 0.3) is 0 Å². The average Bonchev–Trinajstić information content (AvgIpc) is 2.31. The van der Waals surface area contributed by atoms with Gasteiger partial charge in [0.15, 0.2) is 0 Å². The predicted octanol–water partition coefficient (Wildman–Crippen LogP) is 1.25. The summed E-state index contributed by atoms with van der Waals surface area (Å²) in [5.41, 5.74) is 0.899. The van der Waals surface area contributed by atoms with Crippen LogP contribution in [0.25, 0.3) is 0 Å². The number of ether oxygens (including phenoxy) is 2. The summed E-state index contributed by atoms with van der Waals surface area (Å²) in [6, 6.07) is 3.72. The lowest BCUT2D eigenvalue weighted by Gasteiger charge is -2.07. The molecule has 0 spiro atoms. The molecular weight excluding hydrogens is 218 g/mol. The van der Waals surface area contributed by atoms with E-state index in [0.29, 0.717) is 31.6 Å². The van der Waals surface area contributed by atoms with Gasteiger partial charge in [0, 0.05) is 19.2 Å². The zero-order valence-electron chi connectivity index (χ0n) is 10.8. The molecule has 0 aliphatic carbocycles. The molecule has 0 atom stereocenters. The molecule has 17 heavy (non-hydrogen) atoms. The molecule has 0 bridgehead atoms. The summed E-state index contributed by atoms with van der Waals surface area (Å²) in [6.45, 7) is 6.80. The molecule has 0 unspecified atom stereocenters. The van der Waals surface area contributed by atoms with Crippen molar-refractivity contribution in [1.29, 1.82) is 0 Å². The molecule has 5 nitrogen and oxygen atoms in total. The van der Waals surface area contributed by atoms with Crippen molar-refractivity contribution in [1.82, 2.24) is 15.5 Å². The second-order valence-electron chi connectivity index (χ2n) is 4.21. The van der Waals surface area contributed by atoms with Crippen molar-refractivity contribution in [2.75, 3.05) is 26.9 Å². The van der Waals surface area contributed by atoms with E-state index in [9.17, 15) is 0 Å². The van der Waals surface area contributed by atoms with E-state index in [4.69, 9.17) is 9.47 Å². The van der Waals surface area contributed by atoms with Gasteiger partial charge in [-0.2, -0.15) is 5.10 Å². The summed E-state index contributed by atoms with van der Waals surface area (Å²) < 4.78 is 10.8. The molecule has 1 N–H and O–H groups in total. The van der Waals surface area contributed by atoms with Crippen LogP contribution in [0.15, 0.2) is 12.1 Å². The normalized spacial score (nSPS) is 10.8. The Hall–Kier alpha value is -1.20. The van der Waals surface area contributed by atoms with Crippen LogP contribution in [-0.4, -0.2) is 37.1 Å². The molecule has 5 heteroatoms. The van der Waals surface area contributed by atoms with Gasteiger partial charge in [-0.3, -0.25) is 0 Å². The highest BCUT2D eigenvalue weighted by molar-refractivity contribution is 5.11. The van der Waals surface area contributed by atoms with Gasteiger partial charge < -0.3 is 14.8 Å². The fraction of sp³-hybridized carbons (Fsp3) is 0.667. The van der Waals surface area contributed by atoms with Crippen molar-refractivity contribution < 1.29 is 9.47 Å². The van der Waals surface area contributed by atoms with Crippen LogP contribution in [0.2, 0.25) is 0 Å². The van der Waals surface area contributed by atoms with Crippen molar-refractivity contribution >= 4 is 0 Å². The van der Waals surface area contributed by atoms with Crippen LogP contribution in [0.3, 0.4) is 0 Å². The first-order valence-corrected chi connectivity index (χ1v) is 5.90. The maximum Gasteiger partial charge on any atom is 0.233 e. The number of rotatable bonds is 8. The first kappa shape index (κ1) is 13.9. The van der Waals surface area contributed by atoms with Crippen LogP contribution in [-0.2, 0) is 11.3 Å². The van der Waals surface area contributed by atoms with Crippen molar-refractivity contribution in [3.05, 3.63) is 17.8 Å². The second kappa shape index (κ2) is 7.97. The quantitative estimate of drug-likeness (QED) is 0.692. The monoisotopic (exact) mass is 239 g/mol. The maximum absolute atomic E-state index is 5.40. The van der Waals surface area contributed by atoms with Crippen LogP contribution in [0, 0.1) is 5.92 Å². The van der Waals surface area contributed by atoms with Crippen LogP contribution in [0.5, 0.6) is 5.88 Å². The molecule has 1 rings (SSSR count). The van der Waals surface area contributed by atoms with E-state index in [-0.39, 0.29) is 0 Å². The average molecular weight is 239 g/mol. The minimum Gasteiger partial charge on any atom is -0.474 e. The van der Waals surface area contributed by atoms with E-state index in [1.165, 1.54) is 0 Å². The van der Waals surface area contributed by atoms with E-state index < -0.39 is 0 Å². The Bertz CT molecular complexity index is 301. The van der Waals surface area contributed by atoms with Crippen molar-refractivity contribution in [2.24, 2.45) is 5.92 Å². The Morgan fingerprint density at radius 3 is 2.65 bits per heavy atom. The molecule has 0 saturated heterocycles. The lowest BCUT2D eigenvalue weighted by molar-refractivity contribution is 0.0803. The zero-order chi connectivity index (χ0) is 12.5. The van der Waals surface area contributed by atoms with Crippen LogP contribution in [0.1, 0.15) is 19.5 Å². The number of nitrogens with zero attached hydrogens (tertiary/aromatic N) is 2. The molecular formula is C12H21N3O2. The topological polar surface area (TPSA) is 56.3 Å². The third-order valence-electron chi connectivity index (χ3n) is 1.98. The number of nitrogens with one attached hydrogen (secondary N) is 1. The summed E-state index contributed by atoms with van der Waals surface area (Å²) >= 11 is 0. The van der Waals surface area contributed by atoms with Crippen LogP contribution < -0.4 is 10.1 Å². The Kier molecular flexibility index (Phi) is 6.50. The SMILES string of the molecule is CNCc1ccc(OCCOCC(C)C)nn1. The second-order valence-corrected chi connectivity index (χ2v) is 4.21. The van der Waals surface area contributed by atoms with Crippen LogP contribution in [0.4, 0.5) is 0 Å². The summed E-state index contributed by atoms with van der Waals surface area (Å²) in [7, 11) is 1.87. The molecule has 1 aromatic rings. The molecule has 0 aromatic carbocycles. The van der Waals surface area contributed by atoms with Gasteiger partial charge in [-0.25, -0.2) is 0 Å². The highest BCUT2D eigenvalue weighted by atomic mass is 16.5. The third kappa shape index (κ3) is 6.19. The summed E-state index contributed by atoms with van der Waals surface area (Å²) in [5, 5.41) is 11.0. The highest BCUT2D eigenvalue weighted by Gasteiger charge is 1.98. The van der Waals surface area contributed by atoms with Gasteiger partial charge in [-0.15, -0.1) is 5.10 Å². The minimum atomic E-state index is 0.507. The van der Waals surface area contributed by atoms with E-state index in [1.54, 1.807) is 0 Å². The van der Waals surface area contributed by atoms with Crippen molar-refractivity contribution in [3.8, 4) is 5.88 Å². The van der Waals surface area contributed by atoms with E-state index in [2.05, 4.69) is 29.4 Å². The Morgan fingerprint density at radius 2 is 2.06 bits per heavy atom. The van der Waals surface area contributed by atoms with Gasteiger partial charge in [0.2, 0.25) is 5.88 Å². The van der Waals surface area contributed by atoms with Crippen molar-refractivity contribution in [3.63, 3.8) is 0 Å². The number of aromatic nitrogens is 2. The molecule has 0 fully saturated rings. The third-order valence-corrected chi connectivity index (χ3v) is 1.98. The first-order valence-electron chi connectivity index (χ1n) is 5.90. The smallest absolute Gasteiger partial charge is 0.233 e. The molecule has 1 heterocycles. The lowest BCUT2D eigenvalue weighted by atomic mass is 10.2.